The lowest BCUT2D eigenvalue weighted by molar-refractivity contribution is -0.137. The molecule has 1 N–H and O–H groups in total. The van der Waals surface area contributed by atoms with E-state index in [0.717, 1.165) is 17.7 Å². The summed E-state index contributed by atoms with van der Waals surface area (Å²) in [6.45, 7) is 4.03. The number of amides is 1. The maximum Gasteiger partial charge on any atom is 0.416 e. The van der Waals surface area contributed by atoms with E-state index in [-0.39, 0.29) is 18.5 Å². The van der Waals surface area contributed by atoms with E-state index >= 15 is 0 Å². The van der Waals surface area contributed by atoms with Crippen molar-refractivity contribution in [2.75, 3.05) is 13.6 Å². The van der Waals surface area contributed by atoms with Crippen LogP contribution < -0.4 is 5.32 Å². The molecule has 0 saturated carbocycles. The quantitative estimate of drug-likeness (QED) is 0.855. The first-order valence-electron chi connectivity index (χ1n) is 8.79. The summed E-state index contributed by atoms with van der Waals surface area (Å²) in [5.74, 6) is 0.366. The molecule has 3 aliphatic rings. The average Bonchev–Trinajstić information content (AvgIpc) is 3.20. The minimum atomic E-state index is -4.46. The predicted molar refractivity (Wildman–Crippen MR) is 92.6 cm³/mol. The van der Waals surface area contributed by atoms with E-state index in [1.807, 2.05) is 13.8 Å². The lowest BCUT2D eigenvalue weighted by atomic mass is 9.64. The molecule has 142 valence electrons. The highest BCUT2D eigenvalue weighted by atomic mass is 19.4. The molecular weight excluding hydrogens is 357 g/mol. The number of dihydropyridines is 1. The van der Waals surface area contributed by atoms with Crippen LogP contribution >= 0.6 is 0 Å². The Kier molecular flexibility index (Phi) is 3.73. The highest BCUT2D eigenvalue weighted by molar-refractivity contribution is 6.01. The minimum absolute atomic E-state index is 0.178. The molecule has 1 aromatic carbocycles. The van der Waals surface area contributed by atoms with Gasteiger partial charge >= 0.3 is 6.18 Å². The summed E-state index contributed by atoms with van der Waals surface area (Å²) in [6, 6.07) is 5.04. The van der Waals surface area contributed by atoms with Crippen LogP contribution in [-0.2, 0) is 16.4 Å². The molecule has 27 heavy (non-hydrogen) atoms. The summed E-state index contributed by atoms with van der Waals surface area (Å²) in [6.07, 6.45) is -4.02. The van der Waals surface area contributed by atoms with Crippen LogP contribution in [-0.4, -0.2) is 30.4 Å². The molecule has 0 unspecified atom stereocenters. The lowest BCUT2D eigenvalue weighted by Crippen LogP contribution is -2.41. The number of hydrogen-bond acceptors (Lipinski definition) is 4. The van der Waals surface area contributed by atoms with Gasteiger partial charge < -0.3 is 10.2 Å². The topological polar surface area (TPSA) is 57.1 Å². The number of nitrogens with one attached hydrogen (secondary N) is 1. The molecule has 0 aliphatic carbocycles. The zero-order chi connectivity index (χ0) is 19.6. The molecule has 0 aromatic heterocycles. The standard InChI is InChI=1S/C19H19F3N4O/c1-4-18(11-6-5-7-12(8-11)19(20,21)22)13-9-23-25-16(13)24-15-10(2)26(3)17(27)14(15)18/h5-8,10,24H,4,9H2,1-3H3/t10-,18+/m1/s1. The number of halogens is 3. The maximum absolute atomic E-state index is 13.4. The van der Waals surface area contributed by atoms with E-state index in [1.165, 1.54) is 6.07 Å². The summed E-state index contributed by atoms with van der Waals surface area (Å²) in [4.78, 5) is 14.7. The zero-order valence-corrected chi connectivity index (χ0v) is 15.2. The van der Waals surface area contributed by atoms with Gasteiger partial charge in [0.05, 0.1) is 29.1 Å². The normalized spacial score (nSPS) is 27.3. The van der Waals surface area contributed by atoms with E-state index in [0.29, 0.717) is 29.1 Å². The van der Waals surface area contributed by atoms with E-state index in [9.17, 15) is 18.0 Å². The molecule has 1 amide bonds. The third kappa shape index (κ3) is 2.28. The third-order valence-electron chi connectivity index (χ3n) is 5.90. The van der Waals surface area contributed by atoms with Gasteiger partial charge in [-0.3, -0.25) is 4.79 Å². The second-order valence-electron chi connectivity index (χ2n) is 7.07. The summed E-state index contributed by atoms with van der Waals surface area (Å²) in [5.41, 5.74) is 0.695. The fraction of sp³-hybridized carbons (Fsp3) is 0.421. The van der Waals surface area contributed by atoms with Crippen molar-refractivity contribution in [2.45, 2.75) is 37.9 Å². The Hall–Kier alpha value is -2.64. The smallest absolute Gasteiger partial charge is 0.340 e. The minimum Gasteiger partial charge on any atom is -0.340 e. The van der Waals surface area contributed by atoms with Crippen LogP contribution in [0, 0.1) is 0 Å². The van der Waals surface area contributed by atoms with Gasteiger partial charge in [-0.2, -0.15) is 18.3 Å². The van der Waals surface area contributed by atoms with Crippen molar-refractivity contribution in [1.82, 2.24) is 10.2 Å². The Morgan fingerprint density at radius 3 is 2.78 bits per heavy atom. The van der Waals surface area contributed by atoms with Gasteiger partial charge in [-0.15, -0.1) is 5.11 Å². The zero-order valence-electron chi connectivity index (χ0n) is 15.2. The molecule has 3 aliphatic heterocycles. The van der Waals surface area contributed by atoms with E-state index in [1.54, 1.807) is 18.0 Å². The molecule has 2 atom stereocenters. The maximum atomic E-state index is 13.4. The molecule has 0 bridgehead atoms. The number of benzene rings is 1. The van der Waals surface area contributed by atoms with Crippen LogP contribution in [0.15, 0.2) is 57.2 Å². The van der Waals surface area contributed by atoms with Gasteiger partial charge in [0.25, 0.3) is 5.91 Å². The molecule has 0 radical (unpaired) electrons. The van der Waals surface area contributed by atoms with Crippen LogP contribution in [0.1, 0.15) is 31.4 Å². The van der Waals surface area contributed by atoms with Gasteiger partial charge in [-0.05, 0) is 25.0 Å². The van der Waals surface area contributed by atoms with E-state index in [4.69, 9.17) is 0 Å². The summed E-state index contributed by atoms with van der Waals surface area (Å²) >= 11 is 0. The number of carbonyl (C=O) groups is 1. The molecule has 5 nitrogen and oxygen atoms in total. The number of hydrogen-bond donors (Lipinski definition) is 1. The van der Waals surface area contributed by atoms with Crippen molar-refractivity contribution in [2.24, 2.45) is 10.2 Å². The largest absolute Gasteiger partial charge is 0.416 e. The number of alkyl halides is 3. The van der Waals surface area contributed by atoms with Gasteiger partial charge in [-0.1, -0.05) is 25.1 Å². The molecule has 4 rings (SSSR count). The van der Waals surface area contributed by atoms with Crippen LogP contribution in [0.5, 0.6) is 0 Å². The summed E-state index contributed by atoms with van der Waals surface area (Å²) < 4.78 is 40.1. The number of azo groups is 1. The summed E-state index contributed by atoms with van der Waals surface area (Å²) in [7, 11) is 1.70. The number of carbonyl (C=O) groups excluding carboxylic acids is 1. The van der Waals surface area contributed by atoms with Crippen molar-refractivity contribution in [3.8, 4) is 0 Å². The second kappa shape index (κ2) is 5.68. The predicted octanol–water partition coefficient (Wildman–Crippen LogP) is 3.75. The SMILES string of the molecule is CC[C@]1(c2cccc(C(F)(F)F)c2)C2=C(N=NC2)NC2=C1C(=O)N(C)[C@@H]2C. The number of likely N-dealkylation sites (N-methyl/N-ethyl adjacent to an activating group) is 1. The van der Waals surface area contributed by atoms with Crippen molar-refractivity contribution in [3.63, 3.8) is 0 Å². The molecule has 8 heteroatoms. The van der Waals surface area contributed by atoms with Gasteiger partial charge in [0.15, 0.2) is 5.82 Å². The fourth-order valence-electron chi connectivity index (χ4n) is 4.35. The molecule has 0 spiro atoms. The van der Waals surface area contributed by atoms with Crippen molar-refractivity contribution < 1.29 is 18.0 Å². The highest BCUT2D eigenvalue weighted by Gasteiger charge is 2.53. The molecule has 1 aromatic rings. The van der Waals surface area contributed by atoms with E-state index < -0.39 is 17.2 Å². The van der Waals surface area contributed by atoms with Gasteiger partial charge in [0, 0.05) is 18.3 Å². The van der Waals surface area contributed by atoms with Gasteiger partial charge in [0.1, 0.15) is 0 Å². The first-order valence-corrected chi connectivity index (χ1v) is 8.79. The molecular formula is C19H19F3N4O. The average molecular weight is 376 g/mol. The Morgan fingerprint density at radius 2 is 2.11 bits per heavy atom. The Labute approximate surface area is 154 Å². The first-order chi connectivity index (χ1) is 12.7. The third-order valence-corrected chi connectivity index (χ3v) is 5.90. The fourth-order valence-corrected chi connectivity index (χ4v) is 4.35. The Balaban J connectivity index is 2.00. The highest BCUT2D eigenvalue weighted by Crippen LogP contribution is 2.52. The van der Waals surface area contributed by atoms with Crippen LogP contribution in [0.25, 0.3) is 0 Å². The first kappa shape index (κ1) is 17.8. The number of rotatable bonds is 2. The monoisotopic (exact) mass is 376 g/mol. The van der Waals surface area contributed by atoms with Gasteiger partial charge in [-0.25, -0.2) is 0 Å². The molecule has 0 fully saturated rings. The lowest BCUT2D eigenvalue weighted by Gasteiger charge is -2.39. The van der Waals surface area contributed by atoms with Crippen LogP contribution in [0.3, 0.4) is 0 Å². The Bertz CT molecular complexity index is 931. The van der Waals surface area contributed by atoms with Crippen LogP contribution in [0.2, 0.25) is 0 Å². The molecule has 0 saturated heterocycles. The van der Waals surface area contributed by atoms with Crippen molar-refractivity contribution in [3.05, 3.63) is 58.1 Å². The molecule has 3 heterocycles. The van der Waals surface area contributed by atoms with Crippen molar-refractivity contribution in [1.29, 1.82) is 0 Å². The second-order valence-corrected chi connectivity index (χ2v) is 7.07. The van der Waals surface area contributed by atoms with Crippen molar-refractivity contribution >= 4 is 5.91 Å². The summed E-state index contributed by atoms with van der Waals surface area (Å²) in [5, 5.41) is 11.4. The van der Waals surface area contributed by atoms with Crippen LogP contribution in [0.4, 0.5) is 13.2 Å². The number of nitrogens with zero attached hydrogens (tertiary/aromatic N) is 3. The van der Waals surface area contributed by atoms with Gasteiger partial charge in [0.2, 0.25) is 0 Å². The van der Waals surface area contributed by atoms with E-state index in [2.05, 4.69) is 15.5 Å². The Morgan fingerprint density at radius 1 is 1.37 bits per heavy atom.